The Balaban J connectivity index is 1.78. The molecule has 1 N–H and O–H groups in total. The first-order chi connectivity index (χ1) is 12.2. The summed E-state index contributed by atoms with van der Waals surface area (Å²) in [6, 6.07) is 19.1. The number of amides is 3. The standard InChI is InChI=1S/C20H22N2O2S/c1-25-13-12-17-14-18(23)22(17)20(24)21-19(15-8-4-2-5-9-15)16-10-6-3-7-11-16/h2-11,17,19H,12-14H2,1H3,(H,21,24). The quantitative estimate of drug-likeness (QED) is 0.802. The van der Waals surface area contributed by atoms with E-state index < -0.39 is 0 Å². The minimum absolute atomic E-state index is 0.0205. The molecule has 25 heavy (non-hydrogen) atoms. The fraction of sp³-hybridized carbons (Fsp3) is 0.300. The van der Waals surface area contributed by atoms with Gasteiger partial charge in [0.2, 0.25) is 5.91 Å². The number of carbonyl (C=O) groups is 2. The zero-order valence-electron chi connectivity index (χ0n) is 14.2. The van der Waals surface area contributed by atoms with Gasteiger partial charge in [0.05, 0.1) is 12.1 Å². The first-order valence-electron chi connectivity index (χ1n) is 8.42. The number of carbonyl (C=O) groups excluding carboxylic acids is 2. The SMILES string of the molecule is CSCCC1CC(=O)N1C(=O)NC(c1ccccc1)c1ccccc1. The van der Waals surface area contributed by atoms with Gasteiger partial charge in [-0.1, -0.05) is 60.7 Å². The molecule has 0 spiro atoms. The van der Waals surface area contributed by atoms with Gasteiger partial charge in [0.1, 0.15) is 0 Å². The number of hydrogen-bond acceptors (Lipinski definition) is 3. The lowest BCUT2D eigenvalue weighted by molar-refractivity contribution is -0.140. The number of imide groups is 1. The molecule has 1 saturated heterocycles. The van der Waals surface area contributed by atoms with Crippen LogP contribution in [0.3, 0.4) is 0 Å². The molecule has 1 heterocycles. The second-order valence-corrected chi connectivity index (χ2v) is 7.09. The molecule has 0 radical (unpaired) electrons. The molecule has 3 rings (SSSR count). The van der Waals surface area contributed by atoms with Crippen molar-refractivity contribution >= 4 is 23.7 Å². The molecule has 0 saturated carbocycles. The molecule has 1 atom stereocenters. The molecule has 1 aliphatic rings. The van der Waals surface area contributed by atoms with E-state index in [2.05, 4.69) is 5.32 Å². The fourth-order valence-electron chi connectivity index (χ4n) is 3.09. The lowest BCUT2D eigenvalue weighted by atomic mass is 9.97. The number of β-lactam (4-membered cyclic amide) rings is 1. The van der Waals surface area contributed by atoms with Gasteiger partial charge in [-0.15, -0.1) is 0 Å². The van der Waals surface area contributed by atoms with Gasteiger partial charge < -0.3 is 5.32 Å². The molecule has 4 nitrogen and oxygen atoms in total. The molecule has 1 aliphatic heterocycles. The fourth-order valence-corrected chi connectivity index (χ4v) is 3.60. The van der Waals surface area contributed by atoms with Gasteiger partial charge in [-0.25, -0.2) is 4.79 Å². The summed E-state index contributed by atoms with van der Waals surface area (Å²) in [4.78, 5) is 26.1. The van der Waals surface area contributed by atoms with E-state index in [0.717, 1.165) is 23.3 Å². The van der Waals surface area contributed by atoms with Crippen molar-refractivity contribution in [2.45, 2.75) is 24.9 Å². The Morgan fingerprint density at radius 3 is 2.16 bits per heavy atom. The number of nitrogens with zero attached hydrogens (tertiary/aromatic N) is 1. The van der Waals surface area contributed by atoms with Crippen LogP contribution in [0.4, 0.5) is 4.79 Å². The highest BCUT2D eigenvalue weighted by Crippen LogP contribution is 2.26. The maximum absolute atomic E-state index is 12.8. The number of benzene rings is 2. The van der Waals surface area contributed by atoms with Crippen LogP contribution in [0.1, 0.15) is 30.0 Å². The van der Waals surface area contributed by atoms with Crippen LogP contribution < -0.4 is 5.32 Å². The van der Waals surface area contributed by atoms with Gasteiger partial charge >= 0.3 is 6.03 Å². The molecule has 1 unspecified atom stereocenters. The molecule has 2 aromatic carbocycles. The van der Waals surface area contributed by atoms with Crippen LogP contribution in [-0.4, -0.2) is 34.9 Å². The number of nitrogens with one attached hydrogen (secondary N) is 1. The van der Waals surface area contributed by atoms with E-state index in [0.29, 0.717) is 6.42 Å². The first-order valence-corrected chi connectivity index (χ1v) is 9.81. The summed E-state index contributed by atoms with van der Waals surface area (Å²) >= 11 is 1.73. The Morgan fingerprint density at radius 2 is 1.68 bits per heavy atom. The minimum Gasteiger partial charge on any atom is -0.327 e. The highest BCUT2D eigenvalue weighted by Gasteiger charge is 2.40. The van der Waals surface area contributed by atoms with E-state index in [1.165, 1.54) is 4.90 Å². The zero-order chi connectivity index (χ0) is 17.6. The van der Waals surface area contributed by atoms with E-state index in [9.17, 15) is 9.59 Å². The van der Waals surface area contributed by atoms with Crippen molar-refractivity contribution in [2.24, 2.45) is 0 Å². The third kappa shape index (κ3) is 4.04. The summed E-state index contributed by atoms with van der Waals surface area (Å²) in [6.45, 7) is 0. The van der Waals surface area contributed by atoms with Crippen LogP contribution in [0.5, 0.6) is 0 Å². The number of rotatable bonds is 6. The molecular weight excluding hydrogens is 332 g/mol. The van der Waals surface area contributed by atoms with Crippen molar-refractivity contribution < 1.29 is 9.59 Å². The molecule has 0 aliphatic carbocycles. The Labute approximate surface area is 152 Å². The van der Waals surface area contributed by atoms with E-state index in [4.69, 9.17) is 0 Å². The summed E-state index contributed by atoms with van der Waals surface area (Å²) in [5, 5.41) is 3.05. The van der Waals surface area contributed by atoms with Crippen molar-refractivity contribution in [3.8, 4) is 0 Å². The number of thioether (sulfide) groups is 1. The van der Waals surface area contributed by atoms with Gasteiger partial charge in [-0.3, -0.25) is 9.69 Å². The van der Waals surface area contributed by atoms with Crippen LogP contribution in [0.2, 0.25) is 0 Å². The zero-order valence-corrected chi connectivity index (χ0v) is 15.0. The summed E-state index contributed by atoms with van der Waals surface area (Å²) < 4.78 is 0. The van der Waals surface area contributed by atoms with E-state index in [-0.39, 0.29) is 24.0 Å². The summed E-state index contributed by atoms with van der Waals surface area (Å²) in [6.07, 6.45) is 3.35. The van der Waals surface area contributed by atoms with Crippen molar-refractivity contribution in [2.75, 3.05) is 12.0 Å². The molecule has 130 valence electrons. The van der Waals surface area contributed by atoms with E-state index >= 15 is 0 Å². The highest BCUT2D eigenvalue weighted by molar-refractivity contribution is 7.98. The second-order valence-electron chi connectivity index (χ2n) is 6.11. The second kappa shape index (κ2) is 8.21. The molecule has 2 aromatic rings. The summed E-state index contributed by atoms with van der Waals surface area (Å²) in [5.41, 5.74) is 1.99. The average molecular weight is 354 g/mol. The lowest BCUT2D eigenvalue weighted by Gasteiger charge is -2.39. The van der Waals surface area contributed by atoms with Crippen LogP contribution in [-0.2, 0) is 4.79 Å². The predicted octanol–water partition coefficient (Wildman–Crippen LogP) is 3.84. The third-order valence-electron chi connectivity index (χ3n) is 4.45. The maximum Gasteiger partial charge on any atom is 0.325 e. The Kier molecular flexibility index (Phi) is 5.76. The number of hydrogen-bond donors (Lipinski definition) is 1. The molecule has 1 fully saturated rings. The largest absolute Gasteiger partial charge is 0.327 e. The van der Waals surface area contributed by atoms with Gasteiger partial charge in [-0.05, 0) is 29.6 Å². The Bertz CT molecular complexity index is 681. The van der Waals surface area contributed by atoms with Crippen LogP contribution in [0.15, 0.2) is 60.7 Å². The van der Waals surface area contributed by atoms with Gasteiger partial charge in [-0.2, -0.15) is 11.8 Å². The summed E-state index contributed by atoms with van der Waals surface area (Å²) in [7, 11) is 0. The number of urea groups is 1. The Morgan fingerprint density at radius 1 is 1.12 bits per heavy atom. The molecular formula is C20H22N2O2S. The van der Waals surface area contributed by atoms with Crippen molar-refractivity contribution in [3.63, 3.8) is 0 Å². The van der Waals surface area contributed by atoms with Crippen LogP contribution >= 0.6 is 11.8 Å². The predicted molar refractivity (Wildman–Crippen MR) is 102 cm³/mol. The normalized spacial score (nSPS) is 16.6. The van der Waals surface area contributed by atoms with Crippen molar-refractivity contribution in [3.05, 3.63) is 71.8 Å². The Hall–Kier alpha value is -2.27. The van der Waals surface area contributed by atoms with Crippen LogP contribution in [0, 0.1) is 0 Å². The van der Waals surface area contributed by atoms with Crippen molar-refractivity contribution in [1.82, 2.24) is 10.2 Å². The lowest BCUT2D eigenvalue weighted by Crippen LogP contribution is -2.59. The third-order valence-corrected chi connectivity index (χ3v) is 5.10. The monoisotopic (exact) mass is 354 g/mol. The first kappa shape index (κ1) is 17.5. The van der Waals surface area contributed by atoms with Gasteiger partial charge in [0.25, 0.3) is 0 Å². The van der Waals surface area contributed by atoms with Gasteiger partial charge in [0.15, 0.2) is 0 Å². The van der Waals surface area contributed by atoms with Crippen LogP contribution in [0.25, 0.3) is 0 Å². The van der Waals surface area contributed by atoms with Gasteiger partial charge in [0, 0.05) is 6.42 Å². The number of likely N-dealkylation sites (tertiary alicyclic amines) is 1. The molecule has 0 aromatic heterocycles. The average Bonchev–Trinajstić information content (AvgIpc) is 2.64. The topological polar surface area (TPSA) is 49.4 Å². The van der Waals surface area contributed by atoms with E-state index in [1.54, 1.807) is 11.8 Å². The highest BCUT2D eigenvalue weighted by atomic mass is 32.2. The molecule has 5 heteroatoms. The molecule has 0 bridgehead atoms. The summed E-state index contributed by atoms with van der Waals surface area (Å²) in [5.74, 6) is 0.853. The minimum atomic E-state index is -0.306. The molecule has 3 amide bonds. The van der Waals surface area contributed by atoms with Crippen molar-refractivity contribution in [1.29, 1.82) is 0 Å². The smallest absolute Gasteiger partial charge is 0.325 e. The maximum atomic E-state index is 12.8. The van der Waals surface area contributed by atoms with E-state index in [1.807, 2.05) is 66.9 Å².